The van der Waals surface area contributed by atoms with Crippen LogP contribution in [0.25, 0.3) is 0 Å². The number of carboxylic acid groups (broad SMARTS) is 1. The molecule has 0 amide bonds. The van der Waals surface area contributed by atoms with Crippen LogP contribution in [-0.4, -0.2) is 11.1 Å². The van der Waals surface area contributed by atoms with E-state index in [2.05, 4.69) is 6.92 Å². The number of rotatable bonds is 10. The van der Waals surface area contributed by atoms with Gasteiger partial charge in [-0.2, -0.15) is 0 Å². The predicted octanol–water partition coefficient (Wildman–Crippen LogP) is 6.04. The number of carboxylic acids is 1. The van der Waals surface area contributed by atoms with Crippen molar-refractivity contribution in [1.82, 2.24) is 0 Å². The Bertz CT molecular complexity index is 133. The van der Waals surface area contributed by atoms with Gasteiger partial charge in [0.2, 0.25) is 0 Å². The quantitative estimate of drug-likeness (QED) is 0.486. The smallest absolute Gasteiger partial charge is 0.303 e. The predicted molar refractivity (Wildman–Crippen MR) is 82.2 cm³/mol. The summed E-state index contributed by atoms with van der Waals surface area (Å²) < 4.78 is 0. The molecule has 0 aromatic heterocycles. The van der Waals surface area contributed by atoms with Gasteiger partial charge in [0.1, 0.15) is 0 Å². The van der Waals surface area contributed by atoms with Gasteiger partial charge in [0.15, 0.2) is 0 Å². The van der Waals surface area contributed by atoms with E-state index in [1.165, 1.54) is 44.9 Å². The van der Waals surface area contributed by atoms with Crippen LogP contribution < -0.4 is 0 Å². The molecule has 0 aromatic rings. The highest BCUT2D eigenvalue weighted by Gasteiger charge is 1.96. The van der Waals surface area contributed by atoms with Gasteiger partial charge in [0.25, 0.3) is 0 Å². The monoisotopic (exact) mass is 260 g/mol. The molecule has 0 rings (SSSR count). The Kier molecular flexibility index (Phi) is 31.9. The Morgan fingerprint density at radius 1 is 0.722 bits per heavy atom. The first kappa shape index (κ1) is 22.6. The Balaban J connectivity index is -0.000000506. The Labute approximate surface area is 115 Å². The molecule has 2 nitrogen and oxygen atoms in total. The molecule has 0 bridgehead atoms. The molecule has 112 valence electrons. The maximum atomic E-state index is 10.2. The molecule has 18 heavy (non-hydrogen) atoms. The Morgan fingerprint density at radius 3 is 1.39 bits per heavy atom. The molecule has 0 heterocycles. The summed E-state index contributed by atoms with van der Waals surface area (Å²) in [7, 11) is 0. The van der Waals surface area contributed by atoms with Crippen molar-refractivity contribution in [3.05, 3.63) is 0 Å². The summed E-state index contributed by atoms with van der Waals surface area (Å²) in [5.74, 6) is -0.659. The van der Waals surface area contributed by atoms with Crippen molar-refractivity contribution < 1.29 is 9.90 Å². The number of hydrogen-bond acceptors (Lipinski definition) is 1. The SMILES string of the molecule is CC.CC.CCCCCCCCCCCC(=O)O. The van der Waals surface area contributed by atoms with Gasteiger partial charge in [0.05, 0.1) is 0 Å². The molecule has 0 saturated heterocycles. The molecular weight excluding hydrogens is 224 g/mol. The van der Waals surface area contributed by atoms with Gasteiger partial charge in [-0.05, 0) is 6.42 Å². The van der Waals surface area contributed by atoms with Crippen molar-refractivity contribution in [3.63, 3.8) is 0 Å². The van der Waals surface area contributed by atoms with E-state index in [9.17, 15) is 4.79 Å². The standard InChI is InChI=1S/C12H24O2.2C2H6/c1-2-3-4-5-6-7-8-9-10-11-12(13)14;2*1-2/h2-11H2,1H3,(H,13,14);2*1-2H3. The van der Waals surface area contributed by atoms with Gasteiger partial charge in [-0.25, -0.2) is 0 Å². The molecule has 2 heteroatoms. The molecule has 0 aliphatic rings. The molecule has 0 aliphatic carbocycles. The number of unbranched alkanes of at least 4 members (excludes halogenated alkanes) is 8. The lowest BCUT2D eigenvalue weighted by Crippen LogP contribution is -1.93. The third kappa shape index (κ3) is 29.5. The minimum atomic E-state index is -0.659. The second-order valence-corrected chi connectivity index (χ2v) is 3.97. The van der Waals surface area contributed by atoms with Crippen LogP contribution >= 0.6 is 0 Å². The van der Waals surface area contributed by atoms with E-state index in [-0.39, 0.29) is 0 Å². The van der Waals surface area contributed by atoms with E-state index in [1.54, 1.807) is 0 Å². The largest absolute Gasteiger partial charge is 0.481 e. The highest BCUT2D eigenvalue weighted by molar-refractivity contribution is 5.66. The zero-order valence-corrected chi connectivity index (χ0v) is 13.4. The average Bonchev–Trinajstić information content (AvgIpc) is 2.41. The van der Waals surface area contributed by atoms with E-state index >= 15 is 0 Å². The summed E-state index contributed by atoms with van der Waals surface area (Å²) in [6.07, 6.45) is 11.5. The second-order valence-electron chi connectivity index (χ2n) is 3.97. The van der Waals surface area contributed by atoms with Crippen molar-refractivity contribution in [1.29, 1.82) is 0 Å². The zero-order valence-electron chi connectivity index (χ0n) is 13.4. The summed E-state index contributed by atoms with van der Waals surface area (Å²) in [6.45, 7) is 10.2. The van der Waals surface area contributed by atoms with Gasteiger partial charge in [-0.15, -0.1) is 0 Å². The number of hydrogen-bond donors (Lipinski definition) is 1. The minimum absolute atomic E-state index is 0.343. The normalized spacial score (nSPS) is 8.72. The molecule has 0 aliphatic heterocycles. The highest BCUT2D eigenvalue weighted by Crippen LogP contribution is 2.10. The van der Waals surface area contributed by atoms with E-state index in [4.69, 9.17) is 5.11 Å². The van der Waals surface area contributed by atoms with Crippen molar-refractivity contribution >= 4 is 5.97 Å². The van der Waals surface area contributed by atoms with Crippen LogP contribution in [0.4, 0.5) is 0 Å². The van der Waals surface area contributed by atoms with E-state index in [1.807, 2.05) is 27.7 Å². The van der Waals surface area contributed by atoms with Gasteiger partial charge < -0.3 is 5.11 Å². The molecule has 0 aromatic carbocycles. The van der Waals surface area contributed by atoms with E-state index in [0.717, 1.165) is 12.8 Å². The second kappa shape index (κ2) is 25.3. The molecule has 1 N–H and O–H groups in total. The van der Waals surface area contributed by atoms with Gasteiger partial charge >= 0.3 is 5.97 Å². The lowest BCUT2D eigenvalue weighted by Gasteiger charge is -2.00. The van der Waals surface area contributed by atoms with Crippen LogP contribution in [0, 0.1) is 0 Å². The first-order valence-electron chi connectivity index (χ1n) is 7.99. The molecule has 0 atom stereocenters. The Morgan fingerprint density at radius 2 is 1.06 bits per heavy atom. The number of aliphatic carboxylic acids is 1. The lowest BCUT2D eigenvalue weighted by atomic mass is 10.1. The van der Waals surface area contributed by atoms with Crippen LogP contribution in [0.2, 0.25) is 0 Å². The van der Waals surface area contributed by atoms with Crippen molar-refractivity contribution in [2.24, 2.45) is 0 Å². The summed E-state index contributed by atoms with van der Waals surface area (Å²) in [5, 5.41) is 8.41. The fourth-order valence-electron chi connectivity index (χ4n) is 1.59. The first-order valence-corrected chi connectivity index (χ1v) is 7.99. The first-order chi connectivity index (χ1) is 8.77. The number of carbonyl (C=O) groups is 1. The van der Waals surface area contributed by atoms with Crippen LogP contribution in [0.15, 0.2) is 0 Å². The van der Waals surface area contributed by atoms with Crippen molar-refractivity contribution in [2.45, 2.75) is 98.8 Å². The lowest BCUT2D eigenvalue weighted by molar-refractivity contribution is -0.137. The summed E-state index contributed by atoms with van der Waals surface area (Å²) in [4.78, 5) is 10.2. The van der Waals surface area contributed by atoms with E-state index in [0.29, 0.717) is 6.42 Å². The Hall–Kier alpha value is -0.530. The molecule has 0 radical (unpaired) electrons. The topological polar surface area (TPSA) is 37.3 Å². The minimum Gasteiger partial charge on any atom is -0.481 e. The summed E-state index contributed by atoms with van der Waals surface area (Å²) in [6, 6.07) is 0. The zero-order chi connectivity index (χ0) is 14.6. The van der Waals surface area contributed by atoms with Crippen molar-refractivity contribution in [2.75, 3.05) is 0 Å². The summed E-state index contributed by atoms with van der Waals surface area (Å²) >= 11 is 0. The molecule has 0 unspecified atom stereocenters. The van der Waals surface area contributed by atoms with E-state index < -0.39 is 5.97 Å². The van der Waals surface area contributed by atoms with Gasteiger partial charge in [-0.1, -0.05) is 86.0 Å². The van der Waals surface area contributed by atoms with Crippen LogP contribution in [0.5, 0.6) is 0 Å². The van der Waals surface area contributed by atoms with Gasteiger partial charge in [-0.3, -0.25) is 4.79 Å². The van der Waals surface area contributed by atoms with Crippen molar-refractivity contribution in [3.8, 4) is 0 Å². The molecular formula is C16H36O2. The maximum Gasteiger partial charge on any atom is 0.303 e. The highest BCUT2D eigenvalue weighted by atomic mass is 16.4. The summed E-state index contributed by atoms with van der Waals surface area (Å²) in [5.41, 5.74) is 0. The fraction of sp³-hybridized carbons (Fsp3) is 0.938. The van der Waals surface area contributed by atoms with Gasteiger partial charge in [0, 0.05) is 6.42 Å². The van der Waals surface area contributed by atoms with Crippen LogP contribution in [0.1, 0.15) is 98.8 Å². The molecule has 0 fully saturated rings. The molecule has 0 spiro atoms. The van der Waals surface area contributed by atoms with Crippen LogP contribution in [0.3, 0.4) is 0 Å². The molecule has 0 saturated carbocycles. The van der Waals surface area contributed by atoms with Crippen LogP contribution in [-0.2, 0) is 4.79 Å². The third-order valence-electron chi connectivity index (χ3n) is 2.49. The maximum absolute atomic E-state index is 10.2. The average molecular weight is 260 g/mol. The third-order valence-corrected chi connectivity index (χ3v) is 2.49. The fourth-order valence-corrected chi connectivity index (χ4v) is 1.59.